The van der Waals surface area contributed by atoms with Crippen molar-refractivity contribution >= 4 is 17.3 Å². The van der Waals surface area contributed by atoms with Crippen LogP contribution in [0.1, 0.15) is 12.8 Å². The molecule has 2 fully saturated rings. The van der Waals surface area contributed by atoms with E-state index in [1.54, 1.807) is 24.4 Å². The van der Waals surface area contributed by atoms with Gasteiger partial charge >= 0.3 is 0 Å². The number of halogens is 1. The van der Waals surface area contributed by atoms with Crippen LogP contribution in [0.5, 0.6) is 5.75 Å². The lowest BCUT2D eigenvalue weighted by Gasteiger charge is -2.34. The number of hydrogen-bond acceptors (Lipinski definition) is 10. The maximum atomic E-state index is 14.7. The summed E-state index contributed by atoms with van der Waals surface area (Å²) in [5.41, 5.74) is 9.60. The maximum Gasteiger partial charge on any atom is 0.168 e. The van der Waals surface area contributed by atoms with Gasteiger partial charge in [0.05, 0.1) is 38.6 Å². The minimum Gasteiger partial charge on any atom is -0.496 e. The van der Waals surface area contributed by atoms with E-state index in [1.807, 2.05) is 23.1 Å². The van der Waals surface area contributed by atoms with Crippen molar-refractivity contribution in [2.75, 3.05) is 63.3 Å². The third-order valence-electron chi connectivity index (χ3n) is 7.70. The highest BCUT2D eigenvalue weighted by Crippen LogP contribution is 2.35. The number of morpholine rings is 1. The Balaban J connectivity index is 1.26. The predicted molar refractivity (Wildman–Crippen MR) is 159 cm³/mol. The van der Waals surface area contributed by atoms with Gasteiger partial charge in [-0.3, -0.25) is 9.58 Å². The molecule has 1 atom stereocenters. The molecule has 2 aliphatic rings. The molecule has 0 radical (unpaired) electrons. The number of anilines is 3. The van der Waals surface area contributed by atoms with Gasteiger partial charge in [0.25, 0.3) is 0 Å². The highest BCUT2D eigenvalue weighted by atomic mass is 19.1. The number of nitrogens with two attached hydrogens (primary N) is 1. The summed E-state index contributed by atoms with van der Waals surface area (Å²) in [5.74, 6) is 1.23. The van der Waals surface area contributed by atoms with Crippen molar-refractivity contribution in [2.24, 2.45) is 5.73 Å². The topological polar surface area (TPSA) is 119 Å². The molecule has 3 N–H and O–H groups in total. The van der Waals surface area contributed by atoms with E-state index in [2.05, 4.69) is 36.4 Å². The lowest BCUT2D eigenvalue weighted by molar-refractivity contribution is 0.0360. The smallest absolute Gasteiger partial charge is 0.168 e. The minimum atomic E-state index is -0.455. The summed E-state index contributed by atoms with van der Waals surface area (Å²) < 4.78 is 27.5. The summed E-state index contributed by atoms with van der Waals surface area (Å²) in [4.78, 5) is 18.3. The van der Waals surface area contributed by atoms with Gasteiger partial charge in [0.2, 0.25) is 0 Å². The van der Waals surface area contributed by atoms with Crippen LogP contribution in [0, 0.1) is 5.82 Å². The van der Waals surface area contributed by atoms with Crippen LogP contribution in [-0.4, -0.2) is 88.7 Å². The van der Waals surface area contributed by atoms with Crippen molar-refractivity contribution in [3.8, 4) is 28.3 Å². The van der Waals surface area contributed by atoms with E-state index in [9.17, 15) is 4.39 Å². The van der Waals surface area contributed by atoms with Gasteiger partial charge in [0.1, 0.15) is 23.2 Å². The summed E-state index contributed by atoms with van der Waals surface area (Å²) in [6.07, 6.45) is 9.45. The molecule has 2 aliphatic heterocycles. The highest BCUT2D eigenvalue weighted by Gasteiger charge is 2.22. The molecule has 3 aromatic heterocycles. The van der Waals surface area contributed by atoms with E-state index in [-0.39, 0.29) is 17.4 Å². The number of nitrogens with one attached hydrogen (secondary N) is 1. The Hall–Kier alpha value is -4.13. The Morgan fingerprint density at radius 1 is 1.10 bits per heavy atom. The average Bonchev–Trinajstić information content (AvgIpc) is 3.49. The van der Waals surface area contributed by atoms with Crippen LogP contribution in [-0.2, 0) is 11.3 Å². The number of hydrogen-bond donors (Lipinski definition) is 2. The first kappa shape index (κ1) is 28.0. The molecule has 12 heteroatoms. The Kier molecular flexibility index (Phi) is 8.54. The van der Waals surface area contributed by atoms with Gasteiger partial charge in [-0.25, -0.2) is 19.3 Å². The Morgan fingerprint density at radius 3 is 2.81 bits per heavy atom. The molecule has 0 saturated carbocycles. The molecular weight excluding hydrogens is 537 g/mol. The zero-order valence-electron chi connectivity index (χ0n) is 23.7. The normalized spacial score (nSPS) is 17.8. The number of nitrogens with zero attached hydrogens (tertiary/aromatic N) is 7. The summed E-state index contributed by atoms with van der Waals surface area (Å²) in [7, 11) is 1.49. The molecule has 0 amide bonds. The van der Waals surface area contributed by atoms with Crippen LogP contribution >= 0.6 is 0 Å². The zero-order chi connectivity index (χ0) is 28.9. The summed E-state index contributed by atoms with van der Waals surface area (Å²) in [5, 5.41) is 7.92. The van der Waals surface area contributed by atoms with Gasteiger partial charge in [-0.1, -0.05) is 6.07 Å². The largest absolute Gasteiger partial charge is 0.496 e. The van der Waals surface area contributed by atoms with Gasteiger partial charge < -0.3 is 25.4 Å². The number of methoxy groups -OCH3 is 1. The molecule has 5 heterocycles. The molecule has 6 rings (SSSR count). The number of rotatable bonds is 9. The fraction of sp³-hybridized carbons (Fsp3) is 0.400. The van der Waals surface area contributed by atoms with Gasteiger partial charge in [-0.15, -0.1) is 0 Å². The minimum absolute atomic E-state index is 0.104. The van der Waals surface area contributed by atoms with Crippen molar-refractivity contribution in [1.82, 2.24) is 29.6 Å². The molecule has 0 spiro atoms. The second-order valence-electron chi connectivity index (χ2n) is 10.6. The number of piperidine rings is 1. The van der Waals surface area contributed by atoms with Gasteiger partial charge in [-0.05, 0) is 31.0 Å². The summed E-state index contributed by atoms with van der Waals surface area (Å²) >= 11 is 0. The van der Waals surface area contributed by atoms with E-state index in [0.29, 0.717) is 17.4 Å². The first-order valence-corrected chi connectivity index (χ1v) is 14.3. The Labute approximate surface area is 244 Å². The van der Waals surface area contributed by atoms with Crippen molar-refractivity contribution in [1.29, 1.82) is 0 Å². The third-order valence-corrected chi connectivity index (χ3v) is 7.70. The SMILES string of the molecule is COc1cccc(F)c1-c1nccc(Nc2cc(N3CCC[C@H](N)C3)c(-c3cnn(CCN4CCOCC4)c3)cn2)n1. The number of benzene rings is 1. The molecule has 42 heavy (non-hydrogen) atoms. The van der Waals surface area contributed by atoms with Gasteiger partial charge in [0, 0.05) is 80.2 Å². The second-order valence-corrected chi connectivity index (χ2v) is 10.6. The first-order chi connectivity index (χ1) is 20.6. The third kappa shape index (κ3) is 6.35. The molecule has 1 aromatic carbocycles. The second kappa shape index (κ2) is 12.8. The average molecular weight is 574 g/mol. The standard InChI is InChI=1S/C30H36FN9O2/c1-41-26-6-2-5-24(31)29(26)30-33-8-7-27(37-30)36-28-16-25(39-9-3-4-22(32)20-39)23(18-34-28)21-17-35-40(19-21)11-10-38-12-14-42-15-13-38/h2,5-8,16-19,22H,3-4,9-15,20,32H2,1H3,(H,33,34,36,37)/t22-/m0/s1. The molecule has 11 nitrogen and oxygen atoms in total. The van der Waals surface area contributed by atoms with E-state index < -0.39 is 5.82 Å². The van der Waals surface area contributed by atoms with E-state index in [4.69, 9.17) is 20.2 Å². The molecule has 0 aliphatic carbocycles. The van der Waals surface area contributed by atoms with Crippen molar-refractivity contribution in [3.63, 3.8) is 0 Å². The molecule has 0 bridgehead atoms. The predicted octanol–water partition coefficient (Wildman–Crippen LogP) is 3.55. The lowest BCUT2D eigenvalue weighted by Crippen LogP contribution is -2.43. The van der Waals surface area contributed by atoms with Gasteiger partial charge in [-0.2, -0.15) is 5.10 Å². The number of ether oxygens (including phenoxy) is 2. The fourth-order valence-corrected chi connectivity index (χ4v) is 5.49. The monoisotopic (exact) mass is 573 g/mol. The van der Waals surface area contributed by atoms with Crippen LogP contribution in [0.25, 0.3) is 22.5 Å². The van der Waals surface area contributed by atoms with Crippen molar-refractivity contribution < 1.29 is 13.9 Å². The van der Waals surface area contributed by atoms with Crippen LogP contribution < -0.4 is 20.7 Å². The van der Waals surface area contributed by atoms with Crippen LogP contribution in [0.4, 0.5) is 21.7 Å². The zero-order valence-corrected chi connectivity index (χ0v) is 23.7. The Morgan fingerprint density at radius 2 is 1.98 bits per heavy atom. The van der Waals surface area contributed by atoms with E-state index >= 15 is 0 Å². The van der Waals surface area contributed by atoms with Crippen LogP contribution in [0.15, 0.2) is 55.1 Å². The summed E-state index contributed by atoms with van der Waals surface area (Å²) in [6, 6.07) is 8.48. The molecule has 0 unspecified atom stereocenters. The highest BCUT2D eigenvalue weighted by molar-refractivity contribution is 5.80. The summed E-state index contributed by atoms with van der Waals surface area (Å²) in [6.45, 7) is 6.86. The molecule has 2 saturated heterocycles. The van der Waals surface area contributed by atoms with Crippen molar-refractivity contribution in [3.05, 3.63) is 60.9 Å². The van der Waals surface area contributed by atoms with Crippen LogP contribution in [0.3, 0.4) is 0 Å². The Bertz CT molecular complexity index is 1510. The number of pyridine rings is 1. The quantitative estimate of drug-likeness (QED) is 0.308. The van der Waals surface area contributed by atoms with Crippen LogP contribution in [0.2, 0.25) is 0 Å². The van der Waals surface area contributed by atoms with E-state index in [1.165, 1.54) is 13.2 Å². The first-order valence-electron chi connectivity index (χ1n) is 14.3. The lowest BCUT2D eigenvalue weighted by atomic mass is 10.0. The fourth-order valence-electron chi connectivity index (χ4n) is 5.49. The maximum absolute atomic E-state index is 14.7. The van der Waals surface area contributed by atoms with Crippen molar-refractivity contribution in [2.45, 2.75) is 25.4 Å². The van der Waals surface area contributed by atoms with E-state index in [0.717, 1.165) is 82.1 Å². The van der Waals surface area contributed by atoms with Gasteiger partial charge in [0.15, 0.2) is 5.82 Å². The molecule has 4 aromatic rings. The molecule has 220 valence electrons. The molecular formula is C30H36FN9O2. The number of aromatic nitrogens is 5.